The number of halogens is 1. The summed E-state index contributed by atoms with van der Waals surface area (Å²) >= 11 is 5.84. The van der Waals surface area contributed by atoms with E-state index in [9.17, 15) is 4.79 Å². The van der Waals surface area contributed by atoms with Gasteiger partial charge in [-0.2, -0.15) is 0 Å². The average molecular weight is 290 g/mol. The number of hydrogen-bond donors (Lipinski definition) is 1. The molecule has 0 saturated heterocycles. The van der Waals surface area contributed by atoms with E-state index in [1.54, 1.807) is 0 Å². The Bertz CT molecular complexity index is 623. The lowest BCUT2D eigenvalue weighted by Gasteiger charge is -2.13. The minimum Gasteiger partial charge on any atom is -0.488 e. The van der Waals surface area contributed by atoms with Gasteiger partial charge in [0, 0.05) is 6.42 Å². The van der Waals surface area contributed by atoms with Gasteiger partial charge in [0.05, 0.1) is 12.1 Å². The standard InChI is InChI=1S/C14H12ClN3O2/c15-13-11(7-19)14(18-8-17-13)16-6-10-5-9-3-1-2-4-12(9)20-10/h1-4,7-8,10H,5-6H2,(H,16,17,18). The van der Waals surface area contributed by atoms with Crippen molar-refractivity contribution >= 4 is 23.7 Å². The summed E-state index contributed by atoms with van der Waals surface area (Å²) in [5, 5.41) is 3.24. The number of nitrogens with one attached hydrogen (secondary N) is 1. The molecule has 0 spiro atoms. The number of anilines is 1. The maximum atomic E-state index is 11.0. The predicted molar refractivity (Wildman–Crippen MR) is 75.5 cm³/mol. The number of ether oxygens (including phenoxy) is 1. The van der Waals surface area contributed by atoms with E-state index < -0.39 is 0 Å². The molecule has 1 aliphatic heterocycles. The molecule has 1 aromatic heterocycles. The SMILES string of the molecule is O=Cc1c(Cl)ncnc1NCC1Cc2ccccc2O1. The number of carbonyl (C=O) groups is 1. The maximum absolute atomic E-state index is 11.0. The first-order chi connectivity index (χ1) is 9.78. The summed E-state index contributed by atoms with van der Waals surface area (Å²) in [6.07, 6.45) is 2.82. The largest absolute Gasteiger partial charge is 0.488 e. The van der Waals surface area contributed by atoms with E-state index in [2.05, 4.69) is 15.3 Å². The molecular formula is C14H12ClN3O2. The molecule has 1 aliphatic rings. The number of aldehydes is 1. The van der Waals surface area contributed by atoms with Crippen molar-refractivity contribution in [1.29, 1.82) is 0 Å². The summed E-state index contributed by atoms with van der Waals surface area (Å²) in [4.78, 5) is 18.8. The maximum Gasteiger partial charge on any atom is 0.156 e. The van der Waals surface area contributed by atoms with E-state index in [0.29, 0.717) is 18.6 Å². The lowest BCUT2D eigenvalue weighted by molar-refractivity contribution is 0.112. The second-order valence-electron chi connectivity index (χ2n) is 4.48. The minimum atomic E-state index is 0.0145. The number of aromatic nitrogens is 2. The number of benzene rings is 1. The molecule has 0 aliphatic carbocycles. The fourth-order valence-corrected chi connectivity index (χ4v) is 2.38. The third kappa shape index (κ3) is 2.44. The average Bonchev–Trinajstić information content (AvgIpc) is 2.88. The third-order valence-electron chi connectivity index (χ3n) is 3.16. The quantitative estimate of drug-likeness (QED) is 0.691. The molecule has 1 aromatic carbocycles. The fraction of sp³-hybridized carbons (Fsp3) is 0.214. The highest BCUT2D eigenvalue weighted by molar-refractivity contribution is 6.32. The van der Waals surface area contributed by atoms with Crippen LogP contribution in [-0.4, -0.2) is 28.9 Å². The number of carbonyl (C=O) groups excluding carboxylic acids is 1. The van der Waals surface area contributed by atoms with Gasteiger partial charge in [0.2, 0.25) is 0 Å². The van der Waals surface area contributed by atoms with Gasteiger partial charge in [0.25, 0.3) is 0 Å². The Morgan fingerprint density at radius 3 is 3.05 bits per heavy atom. The van der Waals surface area contributed by atoms with Crippen molar-refractivity contribution in [3.05, 3.63) is 46.9 Å². The van der Waals surface area contributed by atoms with Gasteiger partial charge in [-0.25, -0.2) is 9.97 Å². The monoisotopic (exact) mass is 289 g/mol. The molecule has 0 bridgehead atoms. The first-order valence-electron chi connectivity index (χ1n) is 6.22. The lowest BCUT2D eigenvalue weighted by atomic mass is 10.1. The number of fused-ring (bicyclic) bond motifs is 1. The van der Waals surface area contributed by atoms with Crippen molar-refractivity contribution in [2.45, 2.75) is 12.5 Å². The summed E-state index contributed by atoms with van der Waals surface area (Å²) < 4.78 is 5.81. The second kappa shape index (κ2) is 5.46. The van der Waals surface area contributed by atoms with Crippen molar-refractivity contribution < 1.29 is 9.53 Å². The van der Waals surface area contributed by atoms with Gasteiger partial charge < -0.3 is 10.1 Å². The highest BCUT2D eigenvalue weighted by atomic mass is 35.5. The molecule has 1 N–H and O–H groups in total. The first kappa shape index (κ1) is 12.9. The van der Waals surface area contributed by atoms with Crippen LogP contribution in [0.5, 0.6) is 5.75 Å². The Hall–Kier alpha value is -2.14. The highest BCUT2D eigenvalue weighted by Crippen LogP contribution is 2.28. The summed E-state index contributed by atoms with van der Waals surface area (Å²) in [6.45, 7) is 0.545. The van der Waals surface area contributed by atoms with Crippen LogP contribution in [0.2, 0.25) is 5.15 Å². The second-order valence-corrected chi connectivity index (χ2v) is 4.84. The van der Waals surface area contributed by atoms with E-state index in [-0.39, 0.29) is 16.8 Å². The van der Waals surface area contributed by atoms with Crippen LogP contribution < -0.4 is 10.1 Å². The molecule has 1 unspecified atom stereocenters. The number of rotatable bonds is 4. The molecule has 102 valence electrons. The van der Waals surface area contributed by atoms with Gasteiger partial charge in [-0.15, -0.1) is 0 Å². The van der Waals surface area contributed by atoms with Gasteiger partial charge in [0.15, 0.2) is 6.29 Å². The third-order valence-corrected chi connectivity index (χ3v) is 3.47. The molecule has 2 heterocycles. The van der Waals surface area contributed by atoms with E-state index in [4.69, 9.17) is 16.3 Å². The van der Waals surface area contributed by atoms with Crippen molar-refractivity contribution in [2.24, 2.45) is 0 Å². The number of hydrogen-bond acceptors (Lipinski definition) is 5. The number of para-hydroxylation sites is 1. The zero-order chi connectivity index (χ0) is 13.9. The van der Waals surface area contributed by atoms with Crippen molar-refractivity contribution in [1.82, 2.24) is 9.97 Å². The van der Waals surface area contributed by atoms with E-state index in [1.165, 1.54) is 11.9 Å². The van der Waals surface area contributed by atoms with Crippen LogP contribution >= 0.6 is 11.6 Å². The molecular weight excluding hydrogens is 278 g/mol. The van der Waals surface area contributed by atoms with Gasteiger partial charge in [-0.3, -0.25) is 4.79 Å². The summed E-state index contributed by atoms with van der Waals surface area (Å²) in [5.74, 6) is 1.34. The summed E-state index contributed by atoms with van der Waals surface area (Å²) in [7, 11) is 0. The van der Waals surface area contributed by atoms with Gasteiger partial charge in [-0.05, 0) is 11.6 Å². The topological polar surface area (TPSA) is 64.1 Å². The van der Waals surface area contributed by atoms with Crippen LogP contribution in [0, 0.1) is 0 Å². The van der Waals surface area contributed by atoms with Crippen molar-refractivity contribution in [2.75, 3.05) is 11.9 Å². The van der Waals surface area contributed by atoms with Crippen LogP contribution in [0.25, 0.3) is 0 Å². The number of nitrogens with zero attached hydrogens (tertiary/aromatic N) is 2. The molecule has 0 radical (unpaired) electrons. The Balaban J connectivity index is 1.67. The zero-order valence-electron chi connectivity index (χ0n) is 10.5. The molecule has 2 aromatic rings. The molecule has 0 saturated carbocycles. The first-order valence-corrected chi connectivity index (χ1v) is 6.60. The smallest absolute Gasteiger partial charge is 0.156 e. The van der Waals surface area contributed by atoms with Crippen molar-refractivity contribution in [3.8, 4) is 5.75 Å². The normalized spacial score (nSPS) is 16.4. The van der Waals surface area contributed by atoms with Crippen LogP contribution in [-0.2, 0) is 6.42 Å². The predicted octanol–water partition coefficient (Wildman–Crippen LogP) is 2.36. The minimum absolute atomic E-state index is 0.0145. The van der Waals surface area contributed by atoms with Gasteiger partial charge in [0.1, 0.15) is 29.2 Å². The summed E-state index contributed by atoms with van der Waals surface area (Å²) in [5.41, 5.74) is 1.46. The van der Waals surface area contributed by atoms with Gasteiger partial charge in [-0.1, -0.05) is 29.8 Å². The molecule has 1 atom stereocenters. The lowest BCUT2D eigenvalue weighted by Crippen LogP contribution is -2.25. The molecule has 20 heavy (non-hydrogen) atoms. The summed E-state index contributed by atoms with van der Waals surface area (Å²) in [6, 6.07) is 7.94. The van der Waals surface area contributed by atoms with Gasteiger partial charge >= 0.3 is 0 Å². The molecule has 0 fully saturated rings. The molecule has 3 rings (SSSR count). The van der Waals surface area contributed by atoms with Crippen LogP contribution in [0.4, 0.5) is 5.82 Å². The fourth-order valence-electron chi connectivity index (χ4n) is 2.20. The zero-order valence-corrected chi connectivity index (χ0v) is 11.3. The van der Waals surface area contributed by atoms with Crippen LogP contribution in [0.15, 0.2) is 30.6 Å². The van der Waals surface area contributed by atoms with E-state index in [1.807, 2.05) is 24.3 Å². The Kier molecular flexibility index (Phi) is 3.52. The Labute approximate surface area is 121 Å². The van der Waals surface area contributed by atoms with Crippen molar-refractivity contribution in [3.63, 3.8) is 0 Å². The van der Waals surface area contributed by atoms with Crippen LogP contribution in [0.1, 0.15) is 15.9 Å². The Morgan fingerprint density at radius 2 is 2.25 bits per heavy atom. The molecule has 6 heteroatoms. The molecule has 5 nitrogen and oxygen atoms in total. The Morgan fingerprint density at radius 1 is 1.40 bits per heavy atom. The highest BCUT2D eigenvalue weighted by Gasteiger charge is 2.22. The van der Waals surface area contributed by atoms with E-state index in [0.717, 1.165) is 12.2 Å². The van der Waals surface area contributed by atoms with E-state index >= 15 is 0 Å². The molecule has 0 amide bonds. The van der Waals surface area contributed by atoms with Crippen LogP contribution in [0.3, 0.4) is 0 Å².